The first-order chi connectivity index (χ1) is 13.1. The van der Waals surface area contributed by atoms with Crippen molar-refractivity contribution in [2.24, 2.45) is 0 Å². The van der Waals surface area contributed by atoms with Crippen LogP contribution < -0.4 is 0 Å². The van der Waals surface area contributed by atoms with Crippen LogP contribution in [0.25, 0.3) is 0 Å². The lowest BCUT2D eigenvalue weighted by Crippen LogP contribution is -2.55. The number of carbonyl (C=O) groups is 2. The van der Waals surface area contributed by atoms with Gasteiger partial charge in [-0.05, 0) is 39.4 Å². The Balaban J connectivity index is 1.30. The van der Waals surface area contributed by atoms with Gasteiger partial charge in [-0.1, -0.05) is 0 Å². The molecule has 154 valence electrons. The highest BCUT2D eigenvalue weighted by molar-refractivity contribution is 6.32. The second-order valence-electron chi connectivity index (χ2n) is 7.81. The largest absolute Gasteiger partial charge is 0.458 e. The third-order valence-electron chi connectivity index (χ3n) is 5.94. The SMILES string of the molecule is CN1CCC(N2CCN(C(=O)C(=O)OCCCN3CCOCC3)CC2)CC1. The van der Waals surface area contributed by atoms with E-state index in [2.05, 4.69) is 21.7 Å². The zero-order valence-corrected chi connectivity index (χ0v) is 16.6. The van der Waals surface area contributed by atoms with Crippen molar-refractivity contribution in [1.29, 1.82) is 0 Å². The van der Waals surface area contributed by atoms with Crippen molar-refractivity contribution in [2.45, 2.75) is 25.3 Å². The zero-order chi connectivity index (χ0) is 19.1. The molecule has 0 aliphatic carbocycles. The lowest BCUT2D eigenvalue weighted by atomic mass is 10.0. The number of piperazine rings is 1. The highest BCUT2D eigenvalue weighted by atomic mass is 16.5. The fourth-order valence-corrected chi connectivity index (χ4v) is 4.12. The van der Waals surface area contributed by atoms with E-state index in [1.807, 2.05) is 0 Å². The molecule has 27 heavy (non-hydrogen) atoms. The maximum atomic E-state index is 12.3. The van der Waals surface area contributed by atoms with Crippen molar-refractivity contribution in [2.75, 3.05) is 85.8 Å². The minimum atomic E-state index is -0.704. The Kier molecular flexibility index (Phi) is 7.87. The van der Waals surface area contributed by atoms with Crippen molar-refractivity contribution in [1.82, 2.24) is 19.6 Å². The molecular weight excluding hydrogens is 348 g/mol. The van der Waals surface area contributed by atoms with Gasteiger partial charge in [-0.25, -0.2) is 4.79 Å². The quantitative estimate of drug-likeness (QED) is 0.360. The third-order valence-corrected chi connectivity index (χ3v) is 5.94. The summed E-state index contributed by atoms with van der Waals surface area (Å²) in [6.07, 6.45) is 3.13. The predicted molar refractivity (Wildman–Crippen MR) is 102 cm³/mol. The molecular formula is C19H34N4O4. The Morgan fingerprint density at radius 1 is 0.963 bits per heavy atom. The van der Waals surface area contributed by atoms with Crippen molar-refractivity contribution < 1.29 is 19.1 Å². The first-order valence-corrected chi connectivity index (χ1v) is 10.3. The molecule has 0 spiro atoms. The Bertz CT molecular complexity index is 482. The lowest BCUT2D eigenvalue weighted by molar-refractivity contribution is -0.161. The molecule has 0 aromatic rings. The van der Waals surface area contributed by atoms with Gasteiger partial charge in [0.1, 0.15) is 0 Å². The number of ether oxygens (including phenoxy) is 2. The van der Waals surface area contributed by atoms with Gasteiger partial charge in [-0.15, -0.1) is 0 Å². The molecule has 0 radical (unpaired) electrons. The van der Waals surface area contributed by atoms with Crippen molar-refractivity contribution in [3.63, 3.8) is 0 Å². The molecule has 3 rings (SSSR count). The van der Waals surface area contributed by atoms with E-state index >= 15 is 0 Å². The molecule has 3 aliphatic rings. The van der Waals surface area contributed by atoms with Crippen molar-refractivity contribution >= 4 is 11.9 Å². The van der Waals surface area contributed by atoms with E-state index in [9.17, 15) is 9.59 Å². The number of hydrogen-bond donors (Lipinski definition) is 0. The first kappa shape index (κ1) is 20.5. The van der Waals surface area contributed by atoms with E-state index < -0.39 is 11.9 Å². The number of hydrogen-bond acceptors (Lipinski definition) is 7. The van der Waals surface area contributed by atoms with Crippen LogP contribution >= 0.6 is 0 Å². The summed E-state index contributed by atoms with van der Waals surface area (Å²) in [6, 6.07) is 0.616. The number of morpholine rings is 1. The molecule has 3 aliphatic heterocycles. The Hall–Kier alpha value is -1.22. The minimum Gasteiger partial charge on any atom is -0.458 e. The fraction of sp³-hybridized carbons (Fsp3) is 0.895. The molecule has 8 nitrogen and oxygen atoms in total. The highest BCUT2D eigenvalue weighted by Gasteiger charge is 2.30. The number of amides is 1. The van der Waals surface area contributed by atoms with Crippen LogP contribution in [0.1, 0.15) is 19.3 Å². The summed E-state index contributed by atoms with van der Waals surface area (Å²) in [6.45, 7) is 9.78. The van der Waals surface area contributed by atoms with E-state index in [4.69, 9.17) is 9.47 Å². The van der Waals surface area contributed by atoms with Gasteiger partial charge >= 0.3 is 11.9 Å². The molecule has 8 heteroatoms. The summed E-state index contributed by atoms with van der Waals surface area (Å²) in [5, 5.41) is 0. The summed E-state index contributed by atoms with van der Waals surface area (Å²) in [5.41, 5.74) is 0. The highest BCUT2D eigenvalue weighted by Crippen LogP contribution is 2.17. The van der Waals surface area contributed by atoms with Crippen LogP contribution in [0.3, 0.4) is 0 Å². The maximum absolute atomic E-state index is 12.3. The number of rotatable bonds is 5. The molecule has 0 saturated carbocycles. The summed E-state index contributed by atoms with van der Waals surface area (Å²) < 4.78 is 10.5. The maximum Gasteiger partial charge on any atom is 0.397 e. The number of nitrogens with zero attached hydrogens (tertiary/aromatic N) is 4. The Labute approximate surface area is 162 Å². The van der Waals surface area contributed by atoms with E-state index in [0.29, 0.717) is 25.7 Å². The van der Waals surface area contributed by atoms with Gasteiger partial charge in [0, 0.05) is 51.9 Å². The van der Waals surface area contributed by atoms with Crippen molar-refractivity contribution in [3.05, 3.63) is 0 Å². The molecule has 0 bridgehead atoms. The molecule has 0 aromatic heterocycles. The summed E-state index contributed by atoms with van der Waals surface area (Å²) in [5.74, 6) is -1.19. The van der Waals surface area contributed by atoms with Gasteiger partial charge in [0.05, 0.1) is 19.8 Å². The third kappa shape index (κ3) is 6.14. The molecule has 0 N–H and O–H groups in total. The topological polar surface area (TPSA) is 65.6 Å². The van der Waals surface area contributed by atoms with Crippen LogP contribution in [-0.4, -0.2) is 123 Å². The summed E-state index contributed by atoms with van der Waals surface area (Å²) >= 11 is 0. The first-order valence-electron chi connectivity index (χ1n) is 10.3. The van der Waals surface area contributed by atoms with Gasteiger partial charge < -0.3 is 19.3 Å². The van der Waals surface area contributed by atoms with E-state index in [0.717, 1.165) is 65.4 Å². The molecule has 3 heterocycles. The van der Waals surface area contributed by atoms with Gasteiger partial charge in [-0.2, -0.15) is 0 Å². The monoisotopic (exact) mass is 382 g/mol. The molecule has 0 unspecified atom stereocenters. The van der Waals surface area contributed by atoms with Crippen LogP contribution in [-0.2, 0) is 19.1 Å². The van der Waals surface area contributed by atoms with Crippen LogP contribution in [0.2, 0.25) is 0 Å². The zero-order valence-electron chi connectivity index (χ0n) is 16.6. The average Bonchev–Trinajstić information content (AvgIpc) is 2.72. The molecule has 3 saturated heterocycles. The van der Waals surface area contributed by atoms with Crippen LogP contribution in [0.4, 0.5) is 0 Å². The number of piperidine rings is 1. The van der Waals surface area contributed by atoms with Gasteiger partial charge in [-0.3, -0.25) is 14.6 Å². The molecule has 1 amide bonds. The lowest BCUT2D eigenvalue weighted by Gasteiger charge is -2.41. The minimum absolute atomic E-state index is 0.303. The fourth-order valence-electron chi connectivity index (χ4n) is 4.12. The second-order valence-corrected chi connectivity index (χ2v) is 7.81. The van der Waals surface area contributed by atoms with Crippen LogP contribution in [0, 0.1) is 0 Å². The summed E-state index contributed by atoms with van der Waals surface area (Å²) in [7, 11) is 2.17. The smallest absolute Gasteiger partial charge is 0.397 e. The molecule has 0 atom stereocenters. The Morgan fingerprint density at radius 3 is 2.30 bits per heavy atom. The van der Waals surface area contributed by atoms with Gasteiger partial charge in [0.2, 0.25) is 0 Å². The van der Waals surface area contributed by atoms with E-state index in [1.165, 1.54) is 12.8 Å². The average molecular weight is 383 g/mol. The number of esters is 1. The predicted octanol–water partition coefficient (Wildman–Crippen LogP) is -0.510. The number of carbonyl (C=O) groups excluding carboxylic acids is 2. The van der Waals surface area contributed by atoms with Crippen LogP contribution in [0.5, 0.6) is 0 Å². The van der Waals surface area contributed by atoms with Crippen molar-refractivity contribution in [3.8, 4) is 0 Å². The summed E-state index contributed by atoms with van der Waals surface area (Å²) in [4.78, 5) is 33.2. The second kappa shape index (κ2) is 10.4. The van der Waals surface area contributed by atoms with Gasteiger partial charge in [0.25, 0.3) is 0 Å². The van der Waals surface area contributed by atoms with E-state index in [1.54, 1.807) is 4.90 Å². The van der Waals surface area contributed by atoms with E-state index in [-0.39, 0.29) is 0 Å². The normalized spacial score (nSPS) is 24.1. The molecule has 0 aromatic carbocycles. The molecule has 3 fully saturated rings. The van der Waals surface area contributed by atoms with Crippen LogP contribution in [0.15, 0.2) is 0 Å². The van der Waals surface area contributed by atoms with Gasteiger partial charge in [0.15, 0.2) is 0 Å². The Morgan fingerprint density at radius 2 is 1.63 bits per heavy atom. The standard InChI is InChI=1S/C19H34N4O4/c1-20-6-3-17(4-7-20)22-8-10-23(11-9-22)18(24)19(25)27-14-2-5-21-12-15-26-16-13-21/h17H,2-16H2,1H3. The number of likely N-dealkylation sites (tertiary alicyclic amines) is 1.